The summed E-state index contributed by atoms with van der Waals surface area (Å²) in [6, 6.07) is 6.64. The molecule has 0 aromatic heterocycles. The third-order valence-electron chi connectivity index (χ3n) is 3.10. The van der Waals surface area contributed by atoms with Crippen LogP contribution in [0.25, 0.3) is 0 Å². The molecule has 1 fully saturated rings. The predicted octanol–water partition coefficient (Wildman–Crippen LogP) is 0.585. The van der Waals surface area contributed by atoms with Crippen LogP contribution in [0.15, 0.2) is 24.3 Å². The first-order chi connectivity index (χ1) is 8.25. The lowest BCUT2D eigenvalue weighted by atomic mass is 10.1. The van der Waals surface area contributed by atoms with Crippen molar-refractivity contribution in [3.8, 4) is 0 Å². The zero-order valence-electron chi connectivity index (χ0n) is 9.10. The van der Waals surface area contributed by atoms with E-state index in [-0.39, 0.29) is 17.9 Å². The number of anilines is 1. The summed E-state index contributed by atoms with van der Waals surface area (Å²) in [7, 11) is 0. The lowest BCUT2D eigenvalue weighted by molar-refractivity contribution is -0.139. The van der Waals surface area contributed by atoms with Crippen molar-refractivity contribution in [2.45, 2.75) is 18.5 Å². The van der Waals surface area contributed by atoms with Crippen molar-refractivity contribution in [2.24, 2.45) is 0 Å². The molecule has 17 heavy (non-hydrogen) atoms. The summed E-state index contributed by atoms with van der Waals surface area (Å²) in [6.45, 7) is 0.423. The van der Waals surface area contributed by atoms with E-state index in [1.165, 1.54) is 0 Å². The van der Waals surface area contributed by atoms with Crippen LogP contribution in [-0.2, 0) is 14.3 Å². The first-order valence-electron chi connectivity index (χ1n) is 5.58. The average molecular weight is 232 g/mol. The number of esters is 1. The number of hydrogen-bond acceptors (Lipinski definition) is 4. The topological polar surface area (TPSA) is 67.4 Å². The average Bonchev–Trinajstić information content (AvgIpc) is 2.85. The molecule has 5 heteroatoms. The van der Waals surface area contributed by atoms with E-state index in [0.29, 0.717) is 13.0 Å². The van der Waals surface area contributed by atoms with Gasteiger partial charge >= 0.3 is 5.97 Å². The maximum atomic E-state index is 11.8. The highest BCUT2D eigenvalue weighted by Gasteiger charge is 2.36. The number of carbonyl (C=O) groups is 2. The maximum absolute atomic E-state index is 11.8. The van der Waals surface area contributed by atoms with Gasteiger partial charge in [0.25, 0.3) is 0 Å². The standard InChI is InChI=1S/C12H12N2O3/c15-11-10(13-9-5-6-17-12(9)16)7-3-1-2-4-8(7)14-11/h1-4,9-10,13H,5-6H2,(H,14,15). The fraction of sp³-hybridized carbons (Fsp3) is 0.333. The molecule has 0 spiro atoms. The molecule has 2 N–H and O–H groups in total. The minimum absolute atomic E-state index is 0.120. The molecule has 2 atom stereocenters. The van der Waals surface area contributed by atoms with E-state index >= 15 is 0 Å². The highest BCUT2D eigenvalue weighted by atomic mass is 16.5. The SMILES string of the molecule is O=C1OCCC1NC1C(=O)Nc2ccccc21. The van der Waals surface area contributed by atoms with Gasteiger partial charge in [0.05, 0.1) is 6.61 Å². The second-order valence-electron chi connectivity index (χ2n) is 4.18. The van der Waals surface area contributed by atoms with Gasteiger partial charge in [-0.2, -0.15) is 0 Å². The fourth-order valence-corrected chi connectivity index (χ4v) is 2.22. The van der Waals surface area contributed by atoms with E-state index in [1.807, 2.05) is 24.3 Å². The zero-order valence-corrected chi connectivity index (χ0v) is 9.10. The van der Waals surface area contributed by atoms with Crippen LogP contribution >= 0.6 is 0 Å². The molecule has 1 aromatic carbocycles. The summed E-state index contributed by atoms with van der Waals surface area (Å²) in [5, 5.41) is 5.83. The van der Waals surface area contributed by atoms with Gasteiger partial charge in [0.1, 0.15) is 12.1 Å². The Morgan fingerprint density at radius 2 is 2.12 bits per heavy atom. The van der Waals surface area contributed by atoms with Crippen LogP contribution in [0, 0.1) is 0 Å². The molecule has 1 aromatic rings. The van der Waals surface area contributed by atoms with Gasteiger partial charge in [-0.3, -0.25) is 14.9 Å². The van der Waals surface area contributed by atoms with Crippen molar-refractivity contribution in [3.05, 3.63) is 29.8 Å². The molecule has 0 radical (unpaired) electrons. The summed E-state index contributed by atoms with van der Waals surface area (Å²) >= 11 is 0. The van der Waals surface area contributed by atoms with E-state index in [1.54, 1.807) is 0 Å². The lowest BCUT2D eigenvalue weighted by Crippen LogP contribution is -2.39. The quantitative estimate of drug-likeness (QED) is 0.732. The van der Waals surface area contributed by atoms with Crippen LogP contribution in [0.3, 0.4) is 0 Å². The number of cyclic esters (lactones) is 1. The van der Waals surface area contributed by atoms with E-state index in [4.69, 9.17) is 4.74 Å². The minimum Gasteiger partial charge on any atom is -0.464 e. The van der Waals surface area contributed by atoms with Crippen LogP contribution in [0.4, 0.5) is 5.69 Å². The van der Waals surface area contributed by atoms with Gasteiger partial charge < -0.3 is 10.1 Å². The van der Waals surface area contributed by atoms with Gasteiger partial charge in [-0.1, -0.05) is 18.2 Å². The molecule has 1 amide bonds. The van der Waals surface area contributed by atoms with Crippen LogP contribution < -0.4 is 10.6 Å². The summed E-state index contributed by atoms with van der Waals surface area (Å²) < 4.78 is 4.87. The first-order valence-corrected chi connectivity index (χ1v) is 5.58. The Morgan fingerprint density at radius 3 is 2.88 bits per heavy atom. The minimum atomic E-state index is -0.457. The Labute approximate surface area is 98.1 Å². The number of nitrogens with one attached hydrogen (secondary N) is 2. The van der Waals surface area contributed by atoms with E-state index in [2.05, 4.69) is 10.6 Å². The van der Waals surface area contributed by atoms with Gasteiger partial charge in [-0.05, 0) is 6.07 Å². The van der Waals surface area contributed by atoms with Gasteiger partial charge in [0.2, 0.25) is 5.91 Å². The molecule has 2 aliphatic rings. The van der Waals surface area contributed by atoms with Crippen LogP contribution in [0.2, 0.25) is 0 Å². The van der Waals surface area contributed by atoms with Crippen molar-refractivity contribution in [3.63, 3.8) is 0 Å². The second-order valence-corrected chi connectivity index (χ2v) is 4.18. The van der Waals surface area contributed by atoms with Crippen molar-refractivity contribution in [2.75, 3.05) is 11.9 Å². The van der Waals surface area contributed by atoms with Gasteiger partial charge in [0.15, 0.2) is 0 Å². The molecule has 1 saturated heterocycles. The Balaban J connectivity index is 1.84. The van der Waals surface area contributed by atoms with E-state index in [9.17, 15) is 9.59 Å². The van der Waals surface area contributed by atoms with Crippen LogP contribution in [-0.4, -0.2) is 24.5 Å². The molecule has 2 heterocycles. The number of hydrogen-bond donors (Lipinski definition) is 2. The van der Waals surface area contributed by atoms with Crippen molar-refractivity contribution in [1.82, 2.24) is 5.32 Å². The molecule has 3 rings (SSSR count). The number of fused-ring (bicyclic) bond motifs is 1. The maximum Gasteiger partial charge on any atom is 0.323 e. The van der Waals surface area contributed by atoms with Crippen molar-refractivity contribution >= 4 is 17.6 Å². The third kappa shape index (κ3) is 1.68. The smallest absolute Gasteiger partial charge is 0.323 e. The molecule has 0 aliphatic carbocycles. The molecule has 2 unspecified atom stereocenters. The van der Waals surface area contributed by atoms with E-state index in [0.717, 1.165) is 11.3 Å². The van der Waals surface area contributed by atoms with Crippen LogP contribution in [0.5, 0.6) is 0 Å². The van der Waals surface area contributed by atoms with Gasteiger partial charge in [-0.15, -0.1) is 0 Å². The van der Waals surface area contributed by atoms with Gasteiger partial charge in [0, 0.05) is 17.7 Å². The Bertz CT molecular complexity index is 486. The highest BCUT2D eigenvalue weighted by Crippen LogP contribution is 2.31. The molecule has 88 valence electrons. The number of benzene rings is 1. The summed E-state index contributed by atoms with van der Waals surface area (Å²) in [6.07, 6.45) is 0.616. The highest BCUT2D eigenvalue weighted by molar-refractivity contribution is 6.02. The summed E-state index contributed by atoms with van der Waals surface area (Å²) in [5.74, 6) is -0.395. The second kappa shape index (κ2) is 3.85. The monoisotopic (exact) mass is 232 g/mol. The Morgan fingerprint density at radius 1 is 1.29 bits per heavy atom. The summed E-state index contributed by atoms with van der Waals surface area (Å²) in [5.41, 5.74) is 1.69. The summed E-state index contributed by atoms with van der Waals surface area (Å²) in [4.78, 5) is 23.2. The van der Waals surface area contributed by atoms with Crippen molar-refractivity contribution < 1.29 is 14.3 Å². The number of rotatable bonds is 2. The molecular weight excluding hydrogens is 220 g/mol. The van der Waals surface area contributed by atoms with Crippen LogP contribution in [0.1, 0.15) is 18.0 Å². The van der Waals surface area contributed by atoms with E-state index < -0.39 is 6.04 Å². The molecule has 0 bridgehead atoms. The molecule has 5 nitrogen and oxygen atoms in total. The molecular formula is C12H12N2O3. The Hall–Kier alpha value is -1.88. The number of carbonyl (C=O) groups excluding carboxylic acids is 2. The third-order valence-corrected chi connectivity index (χ3v) is 3.10. The van der Waals surface area contributed by atoms with Crippen molar-refractivity contribution in [1.29, 1.82) is 0 Å². The Kier molecular flexibility index (Phi) is 2.33. The number of amides is 1. The first kappa shape index (κ1) is 10.3. The predicted molar refractivity (Wildman–Crippen MR) is 60.3 cm³/mol. The normalized spacial score (nSPS) is 26.6. The van der Waals surface area contributed by atoms with Gasteiger partial charge in [-0.25, -0.2) is 0 Å². The largest absolute Gasteiger partial charge is 0.464 e. The molecule has 2 aliphatic heterocycles. The number of para-hydroxylation sites is 1. The lowest BCUT2D eigenvalue weighted by Gasteiger charge is -2.14. The number of ether oxygens (including phenoxy) is 1. The fourth-order valence-electron chi connectivity index (χ4n) is 2.22. The zero-order chi connectivity index (χ0) is 11.8. The molecule has 0 saturated carbocycles.